The van der Waals surface area contributed by atoms with Crippen molar-refractivity contribution in [1.82, 2.24) is 15.5 Å². The third-order valence-corrected chi connectivity index (χ3v) is 2.14. The number of carbonyl (C=O) groups is 3. The van der Waals surface area contributed by atoms with E-state index in [9.17, 15) is 14.4 Å². The predicted octanol–water partition coefficient (Wildman–Crippen LogP) is -1.53. The molecule has 2 N–H and O–H groups in total. The molecule has 1 atom stereocenters. The number of carbonyl (C=O) groups excluding carboxylic acids is 3. The second-order valence-electron chi connectivity index (χ2n) is 3.53. The average Bonchev–Trinajstić information content (AvgIpc) is 2.15. The zero-order valence-corrected chi connectivity index (χ0v) is 8.87. The lowest BCUT2D eigenvalue weighted by Crippen LogP contribution is -2.54. The van der Waals surface area contributed by atoms with Gasteiger partial charge < -0.3 is 15.5 Å². The van der Waals surface area contributed by atoms with Crippen LogP contribution in [0.15, 0.2) is 0 Å². The molecule has 1 saturated heterocycles. The summed E-state index contributed by atoms with van der Waals surface area (Å²) < 4.78 is 0. The second kappa shape index (κ2) is 4.77. The van der Waals surface area contributed by atoms with Crippen LogP contribution < -0.4 is 10.6 Å². The molecule has 0 radical (unpaired) electrons. The summed E-state index contributed by atoms with van der Waals surface area (Å²) in [7, 11) is 0. The fourth-order valence-electron chi connectivity index (χ4n) is 1.47. The van der Waals surface area contributed by atoms with E-state index in [0.717, 1.165) is 0 Å². The molecule has 0 spiro atoms. The van der Waals surface area contributed by atoms with Crippen LogP contribution in [-0.2, 0) is 14.4 Å². The minimum atomic E-state index is -0.576. The average molecular weight is 213 g/mol. The van der Waals surface area contributed by atoms with Gasteiger partial charge in [0, 0.05) is 20.0 Å². The molecule has 6 heteroatoms. The Morgan fingerprint density at radius 1 is 1.53 bits per heavy atom. The molecule has 0 aromatic carbocycles. The highest BCUT2D eigenvalue weighted by atomic mass is 16.2. The smallest absolute Gasteiger partial charge is 0.245 e. The third kappa shape index (κ3) is 3.23. The van der Waals surface area contributed by atoms with Crippen molar-refractivity contribution in [3.8, 4) is 0 Å². The first-order valence-corrected chi connectivity index (χ1v) is 4.83. The highest BCUT2D eigenvalue weighted by Crippen LogP contribution is 1.98. The first kappa shape index (κ1) is 11.5. The van der Waals surface area contributed by atoms with E-state index >= 15 is 0 Å². The van der Waals surface area contributed by atoms with Crippen molar-refractivity contribution in [2.45, 2.75) is 19.9 Å². The molecule has 1 aliphatic heterocycles. The van der Waals surface area contributed by atoms with E-state index in [4.69, 9.17) is 0 Å². The van der Waals surface area contributed by atoms with E-state index < -0.39 is 6.04 Å². The number of hydrogen-bond acceptors (Lipinski definition) is 3. The molecule has 0 saturated carbocycles. The number of hydrogen-bond donors (Lipinski definition) is 2. The zero-order chi connectivity index (χ0) is 11.4. The summed E-state index contributed by atoms with van der Waals surface area (Å²) in [6.45, 7) is 4.00. The zero-order valence-electron chi connectivity index (χ0n) is 8.87. The Morgan fingerprint density at radius 3 is 2.73 bits per heavy atom. The van der Waals surface area contributed by atoms with Crippen LogP contribution in [-0.4, -0.2) is 48.3 Å². The highest BCUT2D eigenvalue weighted by Gasteiger charge is 2.25. The second-order valence-corrected chi connectivity index (χ2v) is 3.53. The van der Waals surface area contributed by atoms with Gasteiger partial charge in [-0.05, 0) is 6.92 Å². The topological polar surface area (TPSA) is 78.5 Å². The van der Waals surface area contributed by atoms with Crippen LogP contribution in [0, 0.1) is 0 Å². The molecule has 1 fully saturated rings. The lowest BCUT2D eigenvalue weighted by atomic mass is 10.2. The van der Waals surface area contributed by atoms with Crippen LogP contribution in [0.2, 0.25) is 0 Å². The van der Waals surface area contributed by atoms with E-state index in [-0.39, 0.29) is 24.3 Å². The van der Waals surface area contributed by atoms with Gasteiger partial charge in [-0.3, -0.25) is 14.4 Å². The minimum absolute atomic E-state index is 0.0722. The van der Waals surface area contributed by atoms with E-state index in [2.05, 4.69) is 10.6 Å². The van der Waals surface area contributed by atoms with E-state index in [1.807, 2.05) is 0 Å². The fraction of sp³-hybridized carbons (Fsp3) is 0.667. The third-order valence-electron chi connectivity index (χ3n) is 2.14. The maximum atomic E-state index is 11.7. The number of rotatable bonds is 2. The number of piperazine rings is 1. The summed E-state index contributed by atoms with van der Waals surface area (Å²) >= 11 is 0. The van der Waals surface area contributed by atoms with Crippen molar-refractivity contribution in [3.05, 3.63) is 0 Å². The lowest BCUT2D eigenvalue weighted by molar-refractivity contribution is -0.140. The molecule has 84 valence electrons. The SMILES string of the molecule is CC(=O)NC(C)C(=O)N1CCNC(=O)C1. The standard InChI is InChI=1S/C9H15N3O3/c1-6(11-7(2)13)9(15)12-4-3-10-8(14)5-12/h6H,3-5H2,1-2H3,(H,10,14)(H,11,13). The van der Waals surface area contributed by atoms with Crippen molar-refractivity contribution < 1.29 is 14.4 Å². The van der Waals surface area contributed by atoms with Crippen LogP contribution in [0.4, 0.5) is 0 Å². The monoisotopic (exact) mass is 213 g/mol. The Kier molecular flexibility index (Phi) is 3.65. The molecule has 0 aromatic rings. The molecular weight excluding hydrogens is 198 g/mol. The van der Waals surface area contributed by atoms with Crippen molar-refractivity contribution >= 4 is 17.7 Å². The first-order chi connectivity index (χ1) is 7.00. The maximum absolute atomic E-state index is 11.7. The summed E-state index contributed by atoms with van der Waals surface area (Å²) in [5.41, 5.74) is 0. The first-order valence-electron chi connectivity index (χ1n) is 4.83. The summed E-state index contributed by atoms with van der Waals surface area (Å²) in [5.74, 6) is -0.637. The molecule has 0 aromatic heterocycles. The molecule has 1 unspecified atom stereocenters. The fourth-order valence-corrected chi connectivity index (χ4v) is 1.47. The Bertz CT molecular complexity index is 290. The summed E-state index contributed by atoms with van der Waals surface area (Å²) in [6.07, 6.45) is 0. The molecule has 6 nitrogen and oxygen atoms in total. The van der Waals surface area contributed by atoms with Gasteiger partial charge in [0.15, 0.2) is 0 Å². The normalized spacial score (nSPS) is 18.0. The lowest BCUT2D eigenvalue weighted by Gasteiger charge is -2.29. The quantitative estimate of drug-likeness (QED) is 0.584. The summed E-state index contributed by atoms with van der Waals surface area (Å²) in [4.78, 5) is 34.9. The van der Waals surface area contributed by atoms with Gasteiger partial charge >= 0.3 is 0 Å². The van der Waals surface area contributed by atoms with Crippen LogP contribution in [0.5, 0.6) is 0 Å². The molecule has 1 aliphatic rings. The van der Waals surface area contributed by atoms with Gasteiger partial charge in [-0.1, -0.05) is 0 Å². The Hall–Kier alpha value is -1.59. The molecule has 3 amide bonds. The van der Waals surface area contributed by atoms with Gasteiger partial charge in [0.25, 0.3) is 0 Å². The molecule has 1 rings (SSSR count). The molecule has 0 bridgehead atoms. The van der Waals surface area contributed by atoms with Crippen molar-refractivity contribution in [2.75, 3.05) is 19.6 Å². The van der Waals surface area contributed by atoms with Crippen LogP contribution in [0.1, 0.15) is 13.8 Å². The summed E-state index contributed by atoms with van der Waals surface area (Å²) in [5, 5.41) is 5.12. The van der Waals surface area contributed by atoms with Gasteiger partial charge in [-0.15, -0.1) is 0 Å². The molecule has 0 aliphatic carbocycles. The molecular formula is C9H15N3O3. The molecule has 15 heavy (non-hydrogen) atoms. The number of nitrogens with zero attached hydrogens (tertiary/aromatic N) is 1. The Balaban J connectivity index is 2.51. The van der Waals surface area contributed by atoms with Crippen LogP contribution >= 0.6 is 0 Å². The largest absolute Gasteiger partial charge is 0.353 e. The Labute approximate surface area is 88.0 Å². The van der Waals surface area contributed by atoms with Crippen LogP contribution in [0.25, 0.3) is 0 Å². The molecule has 1 heterocycles. The van der Waals surface area contributed by atoms with Gasteiger partial charge in [-0.25, -0.2) is 0 Å². The highest BCUT2D eigenvalue weighted by molar-refractivity contribution is 5.90. The van der Waals surface area contributed by atoms with Gasteiger partial charge in [-0.2, -0.15) is 0 Å². The summed E-state index contributed by atoms with van der Waals surface area (Å²) in [6, 6.07) is -0.576. The number of amides is 3. The minimum Gasteiger partial charge on any atom is -0.353 e. The van der Waals surface area contributed by atoms with Crippen molar-refractivity contribution in [2.24, 2.45) is 0 Å². The van der Waals surface area contributed by atoms with E-state index in [1.54, 1.807) is 6.92 Å². The van der Waals surface area contributed by atoms with Crippen molar-refractivity contribution in [3.63, 3.8) is 0 Å². The van der Waals surface area contributed by atoms with E-state index in [0.29, 0.717) is 13.1 Å². The van der Waals surface area contributed by atoms with E-state index in [1.165, 1.54) is 11.8 Å². The van der Waals surface area contributed by atoms with Gasteiger partial charge in [0.1, 0.15) is 6.04 Å². The van der Waals surface area contributed by atoms with Gasteiger partial charge in [0.2, 0.25) is 17.7 Å². The van der Waals surface area contributed by atoms with Gasteiger partial charge in [0.05, 0.1) is 6.54 Å². The predicted molar refractivity (Wildman–Crippen MR) is 52.9 cm³/mol. The number of nitrogens with one attached hydrogen (secondary N) is 2. The van der Waals surface area contributed by atoms with Crippen LogP contribution in [0.3, 0.4) is 0 Å². The van der Waals surface area contributed by atoms with Crippen molar-refractivity contribution in [1.29, 1.82) is 0 Å². The Morgan fingerprint density at radius 2 is 2.20 bits per heavy atom. The maximum Gasteiger partial charge on any atom is 0.245 e.